The number of thioether (sulfide) groups is 1. The molecule has 8 heteroatoms. The summed E-state index contributed by atoms with van der Waals surface area (Å²) in [6, 6.07) is 5.45. The van der Waals surface area contributed by atoms with Crippen molar-refractivity contribution in [3.8, 4) is 0 Å². The normalized spacial score (nSPS) is 14.8. The summed E-state index contributed by atoms with van der Waals surface area (Å²) in [7, 11) is 0. The third kappa shape index (κ3) is 3.05. The van der Waals surface area contributed by atoms with Crippen LogP contribution in [0.2, 0.25) is 0 Å². The number of aliphatic carboxylic acids is 1. The lowest BCUT2D eigenvalue weighted by Crippen LogP contribution is -2.38. The van der Waals surface area contributed by atoms with Gasteiger partial charge in [0.2, 0.25) is 6.41 Å². The van der Waals surface area contributed by atoms with E-state index < -0.39 is 23.8 Å². The zero-order valence-electron chi connectivity index (χ0n) is 10.8. The van der Waals surface area contributed by atoms with E-state index in [-0.39, 0.29) is 11.6 Å². The third-order valence-electron chi connectivity index (χ3n) is 2.95. The minimum atomic E-state index is -1.17. The van der Waals surface area contributed by atoms with Crippen LogP contribution in [-0.4, -0.2) is 51.9 Å². The monoisotopic (exact) mass is 308 g/mol. The number of nitrogens with one attached hydrogen (secondary N) is 1. The van der Waals surface area contributed by atoms with Gasteiger partial charge in [0.25, 0.3) is 11.8 Å². The van der Waals surface area contributed by atoms with Crippen molar-refractivity contribution in [1.29, 1.82) is 0 Å². The highest BCUT2D eigenvalue weighted by molar-refractivity contribution is 7.99. The molecule has 1 aliphatic heterocycles. The van der Waals surface area contributed by atoms with Gasteiger partial charge in [0.15, 0.2) is 0 Å². The van der Waals surface area contributed by atoms with Gasteiger partial charge >= 0.3 is 5.97 Å². The molecule has 2 rings (SSSR count). The van der Waals surface area contributed by atoms with Gasteiger partial charge in [-0.05, 0) is 12.1 Å². The first-order valence-electron chi connectivity index (χ1n) is 6.01. The fraction of sp³-hybridized carbons (Fsp3) is 0.231. The van der Waals surface area contributed by atoms with Gasteiger partial charge < -0.3 is 10.4 Å². The Morgan fingerprint density at radius 1 is 1.29 bits per heavy atom. The Morgan fingerprint density at radius 3 is 2.33 bits per heavy atom. The first-order chi connectivity index (χ1) is 10.1. The van der Waals surface area contributed by atoms with Crippen LogP contribution < -0.4 is 5.32 Å². The summed E-state index contributed by atoms with van der Waals surface area (Å²) in [5, 5.41) is 11.0. The van der Waals surface area contributed by atoms with Gasteiger partial charge in [0, 0.05) is 5.75 Å². The van der Waals surface area contributed by atoms with E-state index in [0.717, 1.165) is 16.7 Å². The van der Waals surface area contributed by atoms with Gasteiger partial charge in [0.1, 0.15) is 6.04 Å². The zero-order valence-corrected chi connectivity index (χ0v) is 11.6. The van der Waals surface area contributed by atoms with E-state index in [0.29, 0.717) is 17.5 Å². The molecular weight excluding hydrogens is 296 g/mol. The molecule has 2 N–H and O–H groups in total. The number of fused-ring (bicyclic) bond motifs is 1. The van der Waals surface area contributed by atoms with Crippen molar-refractivity contribution in [3.05, 3.63) is 35.4 Å². The van der Waals surface area contributed by atoms with Crippen molar-refractivity contribution in [2.24, 2.45) is 0 Å². The van der Waals surface area contributed by atoms with Crippen molar-refractivity contribution < 1.29 is 24.3 Å². The minimum Gasteiger partial charge on any atom is -0.480 e. The molecule has 0 spiro atoms. The summed E-state index contributed by atoms with van der Waals surface area (Å²) in [5.41, 5.74) is 0.702. The molecule has 1 unspecified atom stereocenters. The molecule has 0 aromatic heterocycles. The quantitative estimate of drug-likeness (QED) is 0.550. The fourth-order valence-electron chi connectivity index (χ4n) is 1.89. The maximum Gasteiger partial charge on any atom is 0.327 e. The average Bonchev–Trinajstić information content (AvgIpc) is 2.71. The molecule has 1 heterocycles. The topological polar surface area (TPSA) is 104 Å². The number of hydrogen-bond donors (Lipinski definition) is 2. The van der Waals surface area contributed by atoms with Crippen LogP contribution in [0, 0.1) is 0 Å². The van der Waals surface area contributed by atoms with Crippen molar-refractivity contribution in [2.75, 3.05) is 11.6 Å². The van der Waals surface area contributed by atoms with Crippen LogP contribution in [0.1, 0.15) is 20.7 Å². The number of nitrogens with zero attached hydrogens (tertiary/aromatic N) is 1. The lowest BCUT2D eigenvalue weighted by molar-refractivity contribution is -0.139. The molecule has 1 atom stereocenters. The Morgan fingerprint density at radius 2 is 1.86 bits per heavy atom. The van der Waals surface area contributed by atoms with E-state index in [9.17, 15) is 19.2 Å². The van der Waals surface area contributed by atoms with E-state index >= 15 is 0 Å². The molecule has 0 saturated carbocycles. The summed E-state index contributed by atoms with van der Waals surface area (Å²) >= 11 is 1.09. The fourth-order valence-corrected chi connectivity index (χ4v) is 2.89. The lowest BCUT2D eigenvalue weighted by atomic mass is 10.1. The number of carboxylic acids is 1. The van der Waals surface area contributed by atoms with Gasteiger partial charge in [0.05, 0.1) is 17.0 Å². The van der Waals surface area contributed by atoms with Crippen molar-refractivity contribution in [3.63, 3.8) is 0 Å². The average molecular weight is 308 g/mol. The van der Waals surface area contributed by atoms with Crippen LogP contribution in [0.15, 0.2) is 24.3 Å². The second-order valence-corrected chi connectivity index (χ2v) is 5.26. The zero-order chi connectivity index (χ0) is 15.4. The SMILES string of the molecule is O=CNC(CSCN1C(=O)c2ccccc2C1=O)C(=O)O. The van der Waals surface area contributed by atoms with Crippen LogP contribution in [0.5, 0.6) is 0 Å². The molecule has 21 heavy (non-hydrogen) atoms. The highest BCUT2D eigenvalue weighted by Gasteiger charge is 2.35. The maximum atomic E-state index is 12.0. The highest BCUT2D eigenvalue weighted by atomic mass is 32.2. The molecular formula is C13H12N2O5S. The van der Waals surface area contributed by atoms with Gasteiger partial charge in [-0.1, -0.05) is 12.1 Å². The molecule has 0 saturated heterocycles. The number of imide groups is 1. The standard InChI is InChI=1S/C13H12N2O5S/c16-6-14-10(13(19)20)5-21-7-15-11(17)8-3-1-2-4-9(8)12(15)18/h1-4,6,10H,5,7H2,(H,14,16)(H,19,20). The lowest BCUT2D eigenvalue weighted by Gasteiger charge is -2.15. The summed E-state index contributed by atoms with van der Waals surface area (Å²) in [6.45, 7) is 0. The van der Waals surface area contributed by atoms with E-state index in [4.69, 9.17) is 5.11 Å². The number of carboxylic acid groups (broad SMARTS) is 1. The Labute approximate surface area is 124 Å². The molecule has 1 aromatic rings. The van der Waals surface area contributed by atoms with Crippen LogP contribution in [-0.2, 0) is 9.59 Å². The van der Waals surface area contributed by atoms with Crippen LogP contribution in [0.3, 0.4) is 0 Å². The molecule has 1 aliphatic rings. The van der Waals surface area contributed by atoms with E-state index in [1.165, 1.54) is 0 Å². The minimum absolute atomic E-state index is 0.0384. The van der Waals surface area contributed by atoms with Gasteiger partial charge in [-0.3, -0.25) is 19.3 Å². The predicted molar refractivity (Wildman–Crippen MR) is 74.9 cm³/mol. The Kier molecular flexibility index (Phi) is 4.59. The Balaban J connectivity index is 1.96. The van der Waals surface area contributed by atoms with Crippen molar-refractivity contribution in [1.82, 2.24) is 10.2 Å². The number of hydrogen-bond acceptors (Lipinski definition) is 5. The second kappa shape index (κ2) is 6.40. The maximum absolute atomic E-state index is 12.0. The number of rotatable bonds is 7. The number of amides is 3. The first kappa shape index (κ1) is 15.0. The van der Waals surface area contributed by atoms with Crippen LogP contribution in [0.25, 0.3) is 0 Å². The van der Waals surface area contributed by atoms with Gasteiger partial charge in [-0.2, -0.15) is 0 Å². The molecule has 0 radical (unpaired) electrons. The summed E-state index contributed by atoms with van der Waals surface area (Å²) in [5.74, 6) is -1.85. The van der Waals surface area contributed by atoms with Gasteiger partial charge in [-0.15, -0.1) is 11.8 Å². The van der Waals surface area contributed by atoms with E-state index in [1.807, 2.05) is 0 Å². The molecule has 0 aliphatic carbocycles. The number of carbonyl (C=O) groups is 4. The Bertz CT molecular complexity index is 569. The van der Waals surface area contributed by atoms with Crippen LogP contribution >= 0.6 is 11.8 Å². The van der Waals surface area contributed by atoms with Crippen molar-refractivity contribution in [2.45, 2.75) is 6.04 Å². The van der Waals surface area contributed by atoms with Gasteiger partial charge in [-0.25, -0.2) is 4.79 Å². The van der Waals surface area contributed by atoms with Crippen molar-refractivity contribution >= 4 is 36.0 Å². The Hall–Kier alpha value is -2.35. The van der Waals surface area contributed by atoms with E-state index in [2.05, 4.69) is 5.32 Å². The summed E-state index contributed by atoms with van der Waals surface area (Å²) in [6.07, 6.45) is 0.307. The molecule has 1 aromatic carbocycles. The number of carbonyl (C=O) groups excluding carboxylic acids is 3. The largest absolute Gasteiger partial charge is 0.480 e. The molecule has 7 nitrogen and oxygen atoms in total. The highest BCUT2D eigenvalue weighted by Crippen LogP contribution is 2.24. The number of benzene rings is 1. The molecule has 3 amide bonds. The smallest absolute Gasteiger partial charge is 0.327 e. The first-order valence-corrected chi connectivity index (χ1v) is 7.17. The summed E-state index contributed by atoms with van der Waals surface area (Å²) < 4.78 is 0. The summed E-state index contributed by atoms with van der Waals surface area (Å²) in [4.78, 5) is 46.3. The molecule has 110 valence electrons. The van der Waals surface area contributed by atoms with E-state index in [1.54, 1.807) is 24.3 Å². The third-order valence-corrected chi connectivity index (χ3v) is 3.96. The van der Waals surface area contributed by atoms with Crippen LogP contribution in [0.4, 0.5) is 0 Å². The molecule has 0 fully saturated rings. The second-order valence-electron chi connectivity index (χ2n) is 4.26. The predicted octanol–water partition coefficient (Wildman–Crippen LogP) is 0.172. The molecule has 0 bridgehead atoms.